The molecule has 15 heavy (non-hydrogen) atoms. The van der Waals surface area contributed by atoms with E-state index in [1.807, 2.05) is 0 Å². The van der Waals surface area contributed by atoms with E-state index in [9.17, 15) is 8.78 Å². The summed E-state index contributed by atoms with van der Waals surface area (Å²) in [6.07, 6.45) is 0.549. The van der Waals surface area contributed by atoms with Crippen molar-refractivity contribution >= 4 is 11.6 Å². The molecule has 0 aliphatic heterocycles. The molecule has 0 spiro atoms. The fourth-order valence-corrected chi connectivity index (χ4v) is 2.04. The minimum atomic E-state index is -0.599. The topological polar surface area (TPSA) is 26.0 Å². The molecular formula is C11H14ClF2N. The number of benzene rings is 1. The second kappa shape index (κ2) is 4.45. The Morgan fingerprint density at radius 1 is 1.27 bits per heavy atom. The quantitative estimate of drug-likeness (QED) is 0.797. The third-order valence-electron chi connectivity index (χ3n) is 2.49. The van der Waals surface area contributed by atoms with Gasteiger partial charge in [0, 0.05) is 5.56 Å². The first-order chi connectivity index (χ1) is 6.90. The van der Waals surface area contributed by atoms with Crippen LogP contribution in [0.15, 0.2) is 12.1 Å². The number of hydrogen-bond acceptors (Lipinski definition) is 1. The first kappa shape index (κ1) is 12.4. The van der Waals surface area contributed by atoms with Gasteiger partial charge in [-0.15, -0.1) is 0 Å². The van der Waals surface area contributed by atoms with E-state index in [2.05, 4.69) is 0 Å². The fourth-order valence-electron chi connectivity index (χ4n) is 1.63. The minimum absolute atomic E-state index is 0.145. The minimum Gasteiger partial charge on any atom is -0.330 e. The Labute approximate surface area is 93.2 Å². The van der Waals surface area contributed by atoms with Gasteiger partial charge in [-0.2, -0.15) is 0 Å². The summed E-state index contributed by atoms with van der Waals surface area (Å²) >= 11 is 5.76. The van der Waals surface area contributed by atoms with Crippen LogP contribution in [0, 0.1) is 11.6 Å². The lowest BCUT2D eigenvalue weighted by atomic mass is 9.81. The molecule has 84 valence electrons. The van der Waals surface area contributed by atoms with Gasteiger partial charge in [0.15, 0.2) is 0 Å². The molecule has 1 aromatic rings. The van der Waals surface area contributed by atoms with Gasteiger partial charge >= 0.3 is 0 Å². The van der Waals surface area contributed by atoms with Crippen molar-refractivity contribution in [2.24, 2.45) is 5.73 Å². The Morgan fingerprint density at radius 3 is 2.33 bits per heavy atom. The van der Waals surface area contributed by atoms with Gasteiger partial charge in [-0.25, -0.2) is 8.78 Å². The second-order valence-corrected chi connectivity index (χ2v) is 4.52. The zero-order valence-electron chi connectivity index (χ0n) is 8.78. The third-order valence-corrected chi connectivity index (χ3v) is 2.86. The van der Waals surface area contributed by atoms with E-state index in [-0.39, 0.29) is 10.6 Å². The van der Waals surface area contributed by atoms with E-state index in [0.717, 1.165) is 12.1 Å². The Balaban J connectivity index is 3.29. The average molecular weight is 234 g/mol. The predicted molar refractivity (Wildman–Crippen MR) is 58.1 cm³/mol. The molecule has 0 bridgehead atoms. The lowest BCUT2D eigenvalue weighted by molar-refractivity contribution is 0.451. The van der Waals surface area contributed by atoms with Gasteiger partial charge in [-0.3, -0.25) is 0 Å². The van der Waals surface area contributed by atoms with E-state index in [1.165, 1.54) is 0 Å². The van der Waals surface area contributed by atoms with E-state index >= 15 is 0 Å². The van der Waals surface area contributed by atoms with Crippen molar-refractivity contribution in [2.75, 3.05) is 6.54 Å². The predicted octanol–water partition coefficient (Wildman–Crippen LogP) is 3.24. The van der Waals surface area contributed by atoms with Crippen LogP contribution < -0.4 is 5.73 Å². The molecule has 4 heteroatoms. The molecule has 0 fully saturated rings. The zero-order valence-corrected chi connectivity index (χ0v) is 9.54. The maximum absolute atomic E-state index is 13.6. The molecule has 0 heterocycles. The van der Waals surface area contributed by atoms with Crippen LogP contribution in [0.4, 0.5) is 8.78 Å². The van der Waals surface area contributed by atoms with Gasteiger partial charge in [0.25, 0.3) is 0 Å². The van der Waals surface area contributed by atoms with Crippen LogP contribution >= 0.6 is 11.6 Å². The summed E-state index contributed by atoms with van der Waals surface area (Å²) < 4.78 is 26.8. The summed E-state index contributed by atoms with van der Waals surface area (Å²) in [4.78, 5) is 0. The van der Waals surface area contributed by atoms with Crippen molar-refractivity contribution in [1.82, 2.24) is 0 Å². The molecule has 0 saturated carbocycles. The van der Waals surface area contributed by atoms with Crippen molar-refractivity contribution < 1.29 is 8.78 Å². The molecule has 1 nitrogen and oxygen atoms in total. The molecule has 0 radical (unpaired) electrons. The van der Waals surface area contributed by atoms with Gasteiger partial charge < -0.3 is 5.73 Å². The molecule has 0 aliphatic carbocycles. The Hall–Kier alpha value is -0.670. The zero-order chi connectivity index (χ0) is 11.6. The van der Waals surface area contributed by atoms with E-state index in [1.54, 1.807) is 13.8 Å². The Bertz CT molecular complexity index is 364. The molecule has 0 aromatic heterocycles. The van der Waals surface area contributed by atoms with Crippen molar-refractivity contribution in [2.45, 2.75) is 25.7 Å². The number of halogens is 3. The van der Waals surface area contributed by atoms with Crippen molar-refractivity contribution in [3.05, 3.63) is 34.4 Å². The standard InChI is InChI=1S/C11H14ClF2N/c1-11(2,5-6-15)9-7(13)3-4-8(14)10(9)12/h3-4H,5-6,15H2,1-2H3. The lowest BCUT2D eigenvalue weighted by Crippen LogP contribution is -2.24. The lowest BCUT2D eigenvalue weighted by Gasteiger charge is -2.26. The van der Waals surface area contributed by atoms with Crippen LogP contribution in [-0.4, -0.2) is 6.54 Å². The van der Waals surface area contributed by atoms with E-state index in [0.29, 0.717) is 13.0 Å². The number of hydrogen-bond donors (Lipinski definition) is 1. The molecule has 0 saturated heterocycles. The summed E-state index contributed by atoms with van der Waals surface area (Å²) in [6.45, 7) is 3.99. The average Bonchev–Trinajstić information content (AvgIpc) is 2.11. The Kier molecular flexibility index (Phi) is 3.68. The molecule has 0 aliphatic rings. The van der Waals surface area contributed by atoms with Crippen LogP contribution in [0.5, 0.6) is 0 Å². The van der Waals surface area contributed by atoms with Crippen molar-refractivity contribution in [3.63, 3.8) is 0 Å². The summed E-state index contributed by atoms with van der Waals surface area (Å²) in [5, 5.41) is -0.145. The smallest absolute Gasteiger partial charge is 0.142 e. The molecule has 1 rings (SSSR count). The van der Waals surface area contributed by atoms with Gasteiger partial charge in [-0.1, -0.05) is 25.4 Å². The van der Waals surface area contributed by atoms with Crippen molar-refractivity contribution in [1.29, 1.82) is 0 Å². The molecule has 0 unspecified atom stereocenters. The maximum atomic E-state index is 13.6. The normalized spacial score (nSPS) is 11.9. The summed E-state index contributed by atoms with van der Waals surface area (Å²) in [7, 11) is 0. The van der Waals surface area contributed by atoms with Gasteiger partial charge in [0.1, 0.15) is 11.6 Å². The molecular weight excluding hydrogens is 220 g/mol. The molecule has 2 N–H and O–H groups in total. The van der Waals surface area contributed by atoms with Crippen LogP contribution in [0.3, 0.4) is 0 Å². The first-order valence-electron chi connectivity index (χ1n) is 4.74. The first-order valence-corrected chi connectivity index (χ1v) is 5.12. The van der Waals surface area contributed by atoms with Gasteiger partial charge in [-0.05, 0) is 30.5 Å². The maximum Gasteiger partial charge on any atom is 0.142 e. The second-order valence-electron chi connectivity index (χ2n) is 4.14. The molecule has 0 amide bonds. The van der Waals surface area contributed by atoms with E-state index < -0.39 is 17.0 Å². The van der Waals surface area contributed by atoms with Gasteiger partial charge in [0.05, 0.1) is 5.02 Å². The highest BCUT2D eigenvalue weighted by Crippen LogP contribution is 2.35. The van der Waals surface area contributed by atoms with Crippen LogP contribution in [0.2, 0.25) is 5.02 Å². The Morgan fingerprint density at radius 2 is 1.80 bits per heavy atom. The number of rotatable bonds is 3. The summed E-state index contributed by atoms with van der Waals surface area (Å²) in [5.41, 5.74) is 5.08. The highest BCUT2D eigenvalue weighted by molar-refractivity contribution is 6.31. The van der Waals surface area contributed by atoms with Crippen molar-refractivity contribution in [3.8, 4) is 0 Å². The number of nitrogens with two attached hydrogens (primary N) is 1. The SMILES string of the molecule is CC(C)(CCN)c1c(F)ccc(F)c1Cl. The largest absolute Gasteiger partial charge is 0.330 e. The van der Waals surface area contributed by atoms with Gasteiger partial charge in [0.2, 0.25) is 0 Å². The summed E-state index contributed by atoms with van der Waals surface area (Å²) in [6, 6.07) is 2.12. The highest BCUT2D eigenvalue weighted by Gasteiger charge is 2.27. The fraction of sp³-hybridized carbons (Fsp3) is 0.455. The van der Waals surface area contributed by atoms with Crippen LogP contribution in [-0.2, 0) is 5.41 Å². The monoisotopic (exact) mass is 233 g/mol. The van der Waals surface area contributed by atoms with Crippen LogP contribution in [0.25, 0.3) is 0 Å². The van der Waals surface area contributed by atoms with Crippen LogP contribution in [0.1, 0.15) is 25.8 Å². The third kappa shape index (κ3) is 2.47. The molecule has 1 aromatic carbocycles. The molecule has 0 atom stereocenters. The highest BCUT2D eigenvalue weighted by atomic mass is 35.5. The van der Waals surface area contributed by atoms with E-state index in [4.69, 9.17) is 17.3 Å². The summed E-state index contributed by atoms with van der Waals surface area (Å²) in [5.74, 6) is -1.09.